The Morgan fingerprint density at radius 2 is 1.80 bits per heavy atom. The molecule has 6 heteroatoms. The fourth-order valence-electron chi connectivity index (χ4n) is 5.27. The van der Waals surface area contributed by atoms with Crippen LogP contribution in [0.25, 0.3) is 10.8 Å². The largest absolute Gasteiger partial charge is 0.491 e. The highest BCUT2D eigenvalue weighted by molar-refractivity contribution is 5.97. The van der Waals surface area contributed by atoms with Gasteiger partial charge in [0.25, 0.3) is 5.91 Å². The van der Waals surface area contributed by atoms with E-state index in [1.807, 2.05) is 41.6 Å². The molecule has 0 N–H and O–H groups in total. The van der Waals surface area contributed by atoms with Gasteiger partial charge >= 0.3 is 0 Å². The van der Waals surface area contributed by atoms with Gasteiger partial charge in [-0.1, -0.05) is 36.4 Å². The highest BCUT2D eigenvalue weighted by atomic mass is 16.5. The minimum absolute atomic E-state index is 0.0828. The third kappa shape index (κ3) is 6.00. The van der Waals surface area contributed by atoms with E-state index in [-0.39, 0.29) is 5.91 Å². The first kappa shape index (κ1) is 23.8. The molecule has 2 aromatic carbocycles. The van der Waals surface area contributed by atoms with Gasteiger partial charge < -0.3 is 14.4 Å². The summed E-state index contributed by atoms with van der Waals surface area (Å²) in [7, 11) is 0. The number of hydrogen-bond acceptors (Lipinski definition) is 5. The number of rotatable bonds is 7. The first-order valence-corrected chi connectivity index (χ1v) is 12.9. The second-order valence-corrected chi connectivity index (χ2v) is 9.61. The van der Waals surface area contributed by atoms with Gasteiger partial charge in [-0.05, 0) is 54.7 Å². The highest BCUT2D eigenvalue weighted by Crippen LogP contribution is 2.27. The van der Waals surface area contributed by atoms with Crippen molar-refractivity contribution in [3.8, 4) is 5.75 Å². The molecule has 0 saturated carbocycles. The van der Waals surface area contributed by atoms with Gasteiger partial charge in [-0.25, -0.2) is 0 Å². The number of aromatic nitrogens is 1. The van der Waals surface area contributed by atoms with E-state index in [9.17, 15) is 4.79 Å². The Morgan fingerprint density at radius 3 is 2.71 bits per heavy atom. The van der Waals surface area contributed by atoms with Crippen molar-refractivity contribution in [1.82, 2.24) is 14.8 Å². The van der Waals surface area contributed by atoms with Crippen LogP contribution in [0.4, 0.5) is 0 Å². The zero-order valence-corrected chi connectivity index (χ0v) is 20.4. The molecule has 0 spiro atoms. The van der Waals surface area contributed by atoms with E-state index in [1.54, 1.807) is 0 Å². The smallest absolute Gasteiger partial charge is 0.257 e. The summed E-state index contributed by atoms with van der Waals surface area (Å²) in [6, 6.07) is 16.2. The maximum absolute atomic E-state index is 13.5. The molecule has 2 fully saturated rings. The average Bonchev–Trinajstić information content (AvgIpc) is 3.15. The molecule has 3 aromatic rings. The van der Waals surface area contributed by atoms with Gasteiger partial charge in [0.1, 0.15) is 12.4 Å². The molecule has 1 aromatic heterocycles. The summed E-state index contributed by atoms with van der Waals surface area (Å²) in [5, 5.41) is 2.49. The fourth-order valence-corrected chi connectivity index (χ4v) is 5.27. The van der Waals surface area contributed by atoms with Crippen LogP contribution in [0.2, 0.25) is 0 Å². The topological polar surface area (TPSA) is 54.9 Å². The molecule has 2 aliphatic heterocycles. The first-order chi connectivity index (χ1) is 17.3. The summed E-state index contributed by atoms with van der Waals surface area (Å²) in [5.41, 5.74) is 1.98. The van der Waals surface area contributed by atoms with Gasteiger partial charge in [0.2, 0.25) is 0 Å². The number of carbonyl (C=O) groups is 1. The number of benzene rings is 2. The lowest BCUT2D eigenvalue weighted by atomic mass is 9.91. The molecule has 1 atom stereocenters. The van der Waals surface area contributed by atoms with Crippen LogP contribution in [-0.2, 0) is 11.2 Å². The normalized spacial score (nSPS) is 19.4. The Hall–Kier alpha value is -2.96. The molecular weight excluding hydrogens is 438 g/mol. The lowest BCUT2D eigenvalue weighted by molar-refractivity contribution is 0.0321. The second kappa shape index (κ2) is 11.6. The zero-order valence-electron chi connectivity index (χ0n) is 20.4. The number of nitrogens with zero attached hydrogens (tertiary/aromatic N) is 3. The minimum atomic E-state index is 0.0828. The number of fused-ring (bicyclic) bond motifs is 1. The quantitative estimate of drug-likeness (QED) is 0.508. The van der Waals surface area contributed by atoms with Crippen molar-refractivity contribution in [3.05, 3.63) is 72.1 Å². The Kier molecular flexibility index (Phi) is 7.91. The zero-order chi connectivity index (χ0) is 23.9. The molecule has 2 saturated heterocycles. The van der Waals surface area contributed by atoms with Crippen LogP contribution in [0.1, 0.15) is 35.2 Å². The van der Waals surface area contributed by atoms with Crippen LogP contribution < -0.4 is 4.74 Å². The summed E-state index contributed by atoms with van der Waals surface area (Å²) >= 11 is 0. The van der Waals surface area contributed by atoms with Crippen LogP contribution in [0.3, 0.4) is 0 Å². The number of para-hydroxylation sites is 1. The molecule has 5 rings (SSSR count). The van der Waals surface area contributed by atoms with Crippen molar-refractivity contribution in [3.63, 3.8) is 0 Å². The number of pyridine rings is 1. The van der Waals surface area contributed by atoms with Gasteiger partial charge in [0.05, 0.1) is 18.8 Å². The Morgan fingerprint density at radius 1 is 0.971 bits per heavy atom. The molecule has 1 amide bonds. The average molecular weight is 474 g/mol. The number of ether oxygens (including phenoxy) is 2. The van der Waals surface area contributed by atoms with Crippen molar-refractivity contribution >= 4 is 16.7 Å². The summed E-state index contributed by atoms with van der Waals surface area (Å²) < 4.78 is 11.5. The summed E-state index contributed by atoms with van der Waals surface area (Å²) in [6.07, 6.45) is 8.12. The molecular formula is C29H35N3O3. The van der Waals surface area contributed by atoms with Gasteiger partial charge in [-0.15, -0.1) is 0 Å². The summed E-state index contributed by atoms with van der Waals surface area (Å²) in [6.45, 7) is 6.44. The number of amides is 1. The highest BCUT2D eigenvalue weighted by Gasteiger charge is 2.24. The number of morpholine rings is 1. The summed E-state index contributed by atoms with van der Waals surface area (Å²) in [4.78, 5) is 22.3. The number of likely N-dealkylation sites (tertiary alicyclic amines) is 1. The Balaban J connectivity index is 1.19. The van der Waals surface area contributed by atoms with Crippen molar-refractivity contribution < 1.29 is 14.3 Å². The third-order valence-corrected chi connectivity index (χ3v) is 7.28. The molecule has 35 heavy (non-hydrogen) atoms. The molecule has 0 aliphatic carbocycles. The van der Waals surface area contributed by atoms with Gasteiger partial charge in [-0.2, -0.15) is 0 Å². The van der Waals surface area contributed by atoms with Crippen LogP contribution in [-0.4, -0.2) is 73.2 Å². The van der Waals surface area contributed by atoms with Gasteiger partial charge in [0, 0.05) is 50.5 Å². The van der Waals surface area contributed by atoms with E-state index >= 15 is 0 Å². The number of carbonyl (C=O) groups excluding carboxylic acids is 1. The Labute approximate surface area is 207 Å². The SMILES string of the molecule is O=C(c1ccccc1OCCN1CCOCC1)N1CCCC(Cc2cncc3ccccc23)CC1. The molecule has 184 valence electrons. The molecule has 2 aliphatic rings. The standard InChI is InChI=1S/C29H35N3O3/c33-29(27-9-3-4-10-28(27)35-19-16-31-14-17-34-18-15-31)32-12-5-6-23(11-13-32)20-25-22-30-21-24-7-1-2-8-26(24)25/h1-4,7-10,21-23H,5-6,11-20H2. The molecule has 6 nitrogen and oxygen atoms in total. The van der Waals surface area contributed by atoms with Crippen LogP contribution in [0.5, 0.6) is 5.75 Å². The predicted octanol–water partition coefficient (Wildman–Crippen LogP) is 4.43. The molecule has 3 heterocycles. The first-order valence-electron chi connectivity index (χ1n) is 12.9. The van der Waals surface area contributed by atoms with Crippen LogP contribution >= 0.6 is 0 Å². The maximum atomic E-state index is 13.5. The van der Waals surface area contributed by atoms with Crippen molar-refractivity contribution in [2.24, 2.45) is 5.92 Å². The molecule has 0 bridgehead atoms. The van der Waals surface area contributed by atoms with Crippen molar-refractivity contribution in [1.29, 1.82) is 0 Å². The number of hydrogen-bond donors (Lipinski definition) is 0. The van der Waals surface area contributed by atoms with Gasteiger partial charge in [-0.3, -0.25) is 14.7 Å². The van der Waals surface area contributed by atoms with E-state index in [1.165, 1.54) is 16.3 Å². The van der Waals surface area contributed by atoms with Crippen LogP contribution in [0, 0.1) is 5.92 Å². The van der Waals surface area contributed by atoms with Crippen LogP contribution in [0.15, 0.2) is 60.9 Å². The van der Waals surface area contributed by atoms with E-state index in [0.29, 0.717) is 23.8 Å². The van der Waals surface area contributed by atoms with Crippen molar-refractivity contribution in [2.45, 2.75) is 25.7 Å². The van der Waals surface area contributed by atoms with Gasteiger partial charge in [0.15, 0.2) is 0 Å². The second-order valence-electron chi connectivity index (χ2n) is 9.61. The van der Waals surface area contributed by atoms with E-state index < -0.39 is 0 Å². The minimum Gasteiger partial charge on any atom is -0.491 e. The van der Waals surface area contributed by atoms with Crippen molar-refractivity contribution in [2.75, 3.05) is 52.5 Å². The molecule has 0 radical (unpaired) electrons. The lowest BCUT2D eigenvalue weighted by Crippen LogP contribution is -2.38. The molecule has 1 unspecified atom stereocenters. The Bertz CT molecular complexity index is 1120. The predicted molar refractivity (Wildman–Crippen MR) is 138 cm³/mol. The lowest BCUT2D eigenvalue weighted by Gasteiger charge is -2.26. The maximum Gasteiger partial charge on any atom is 0.257 e. The van der Waals surface area contributed by atoms with E-state index in [4.69, 9.17) is 9.47 Å². The van der Waals surface area contributed by atoms with E-state index in [2.05, 4.69) is 34.1 Å². The monoisotopic (exact) mass is 473 g/mol. The van der Waals surface area contributed by atoms with E-state index in [0.717, 1.165) is 71.6 Å². The third-order valence-electron chi connectivity index (χ3n) is 7.28. The summed E-state index contributed by atoms with van der Waals surface area (Å²) in [5.74, 6) is 1.33. The fraction of sp³-hybridized carbons (Fsp3) is 0.448.